The van der Waals surface area contributed by atoms with Crippen LogP contribution >= 0.6 is 0 Å². The van der Waals surface area contributed by atoms with Gasteiger partial charge in [0.25, 0.3) is 0 Å². The molecule has 0 unspecified atom stereocenters. The molecule has 1 aromatic rings. The van der Waals surface area contributed by atoms with Crippen molar-refractivity contribution < 1.29 is 29.1 Å². The van der Waals surface area contributed by atoms with Gasteiger partial charge in [-0.3, -0.25) is 13.6 Å². The molecule has 1 heterocycles. The summed E-state index contributed by atoms with van der Waals surface area (Å²) < 4.78 is 0. The van der Waals surface area contributed by atoms with E-state index in [1.165, 1.54) is 5.92 Å². The molecule has 0 saturated carbocycles. The van der Waals surface area contributed by atoms with Gasteiger partial charge in [0.2, 0.25) is 0 Å². The normalized spacial score (nSPS) is 7.79. The minimum Gasteiger partial charge on any atom is -0.545 e. The van der Waals surface area contributed by atoms with Gasteiger partial charge < -0.3 is 15.5 Å². The van der Waals surface area contributed by atoms with Crippen molar-refractivity contribution >= 4 is 13.6 Å². The van der Waals surface area contributed by atoms with Crippen LogP contribution in [-0.4, -0.2) is 23.8 Å². The Bertz CT molecular complexity index is 273. The van der Waals surface area contributed by atoms with E-state index in [1.54, 1.807) is 0 Å². The molecule has 109 valence electrons. The Balaban J connectivity index is -0.000000107. The molecular weight excluding hydrogens is 329 g/mol. The Hall–Kier alpha value is -0.957. The van der Waals surface area contributed by atoms with Gasteiger partial charge in [-0.1, -0.05) is 13.8 Å². The predicted octanol–water partition coefficient (Wildman–Crippen LogP) is 2.98. The third kappa shape index (κ3) is 22.7. The second-order valence-corrected chi connectivity index (χ2v) is 4.25. The van der Waals surface area contributed by atoms with Crippen LogP contribution in [0.5, 0.6) is 0 Å². The molecule has 0 aliphatic carbocycles. The van der Waals surface area contributed by atoms with Gasteiger partial charge >= 0.3 is 19.5 Å². The maximum absolute atomic E-state index is 7.75. The number of aromatic nitrogens is 2. The molecule has 0 bridgehead atoms. The van der Waals surface area contributed by atoms with Crippen LogP contribution in [0.4, 0.5) is 0 Å². The SMILES string of the molecule is C[C-](C)C.Cc1ccc(C(C)C)nn1.[CH-]=O.[CH-]=O.[Ru+3]. The fourth-order valence-corrected chi connectivity index (χ4v) is 0.717. The summed E-state index contributed by atoms with van der Waals surface area (Å²) in [7, 11) is 0. The molecule has 1 rings (SSSR count). The van der Waals surface area contributed by atoms with Gasteiger partial charge in [-0.15, -0.1) is 0 Å². The first-order chi connectivity index (χ1) is 8.43. The molecule has 0 amide bonds. The Morgan fingerprint density at radius 1 is 1.00 bits per heavy atom. The van der Waals surface area contributed by atoms with E-state index in [9.17, 15) is 0 Å². The Kier molecular flexibility index (Phi) is 27.1. The standard InChI is InChI=1S/C8H12N2.C4H9.2CHO.Ru/c1-6(2)8-5-4-7(3)9-10-8;1-4(2)3;2*1-2;/h4-6H,1-3H3;1-3H3;2*1H;/q;3*-1;+3. The molecular formula is C14H23N2O2Ru. The first kappa shape index (κ1) is 26.6. The molecule has 0 aliphatic rings. The summed E-state index contributed by atoms with van der Waals surface area (Å²) in [6.45, 7) is 18.9. The molecule has 0 atom stereocenters. The maximum atomic E-state index is 7.75. The van der Waals surface area contributed by atoms with Gasteiger partial charge in [0.15, 0.2) is 0 Å². The zero-order valence-electron chi connectivity index (χ0n) is 12.5. The summed E-state index contributed by atoms with van der Waals surface area (Å²) in [6.07, 6.45) is 0. The Morgan fingerprint density at radius 3 is 1.58 bits per heavy atom. The molecule has 1 radical (unpaired) electrons. The molecule has 5 heteroatoms. The van der Waals surface area contributed by atoms with Crippen LogP contribution in [0.1, 0.15) is 51.9 Å². The molecule has 0 fully saturated rings. The van der Waals surface area contributed by atoms with E-state index in [0.717, 1.165) is 11.4 Å². The van der Waals surface area contributed by atoms with E-state index in [1.807, 2.05) is 19.1 Å². The van der Waals surface area contributed by atoms with Gasteiger partial charge in [-0.05, 0) is 25.0 Å². The number of carbonyl (C=O) groups excluding carboxylic acids is 2. The third-order valence-electron chi connectivity index (χ3n) is 1.41. The second kappa shape index (κ2) is 19.4. The minimum atomic E-state index is 0. The van der Waals surface area contributed by atoms with Crippen molar-refractivity contribution in [1.82, 2.24) is 10.2 Å². The fraction of sp³-hybridized carbons (Fsp3) is 0.500. The maximum Gasteiger partial charge on any atom is 3.00 e. The minimum absolute atomic E-state index is 0. The van der Waals surface area contributed by atoms with E-state index in [2.05, 4.69) is 58.4 Å². The van der Waals surface area contributed by atoms with Crippen LogP contribution in [0.25, 0.3) is 0 Å². The molecule has 1 aromatic heterocycles. The van der Waals surface area contributed by atoms with Crippen LogP contribution in [0, 0.1) is 12.8 Å². The number of rotatable bonds is 1. The number of nitrogens with zero attached hydrogens (tertiary/aromatic N) is 2. The number of hydrogen-bond acceptors (Lipinski definition) is 4. The van der Waals surface area contributed by atoms with Crippen LogP contribution in [0.15, 0.2) is 12.1 Å². The topological polar surface area (TPSA) is 59.9 Å². The van der Waals surface area contributed by atoms with Crippen molar-refractivity contribution in [3.63, 3.8) is 0 Å². The quantitative estimate of drug-likeness (QED) is 0.443. The second-order valence-electron chi connectivity index (χ2n) is 4.25. The van der Waals surface area contributed by atoms with E-state index < -0.39 is 0 Å². The van der Waals surface area contributed by atoms with Gasteiger partial charge in [-0.2, -0.15) is 31.0 Å². The summed E-state index contributed by atoms with van der Waals surface area (Å²) in [5.74, 6) is 1.90. The van der Waals surface area contributed by atoms with Crippen molar-refractivity contribution in [2.45, 2.75) is 47.5 Å². The summed E-state index contributed by atoms with van der Waals surface area (Å²) in [5, 5.41) is 7.98. The summed E-state index contributed by atoms with van der Waals surface area (Å²) >= 11 is 0. The Labute approximate surface area is 130 Å². The molecule has 4 nitrogen and oxygen atoms in total. The van der Waals surface area contributed by atoms with Crippen molar-refractivity contribution in [2.24, 2.45) is 0 Å². The van der Waals surface area contributed by atoms with Gasteiger partial charge in [0, 0.05) is 0 Å². The average molecular weight is 352 g/mol. The third-order valence-corrected chi connectivity index (χ3v) is 1.41. The molecule has 0 aliphatic heterocycles. The monoisotopic (exact) mass is 353 g/mol. The smallest absolute Gasteiger partial charge is 0.545 e. The molecule has 0 aromatic carbocycles. The zero-order chi connectivity index (χ0) is 15.1. The van der Waals surface area contributed by atoms with Crippen molar-refractivity contribution in [3.05, 3.63) is 29.4 Å². The van der Waals surface area contributed by atoms with Crippen molar-refractivity contribution in [2.75, 3.05) is 0 Å². The fourth-order valence-electron chi connectivity index (χ4n) is 0.717. The van der Waals surface area contributed by atoms with Crippen molar-refractivity contribution in [3.8, 4) is 0 Å². The van der Waals surface area contributed by atoms with Gasteiger partial charge in [0.05, 0.1) is 11.4 Å². The molecule has 0 N–H and O–H groups in total. The zero-order valence-corrected chi connectivity index (χ0v) is 14.2. The van der Waals surface area contributed by atoms with Crippen LogP contribution in [-0.2, 0) is 29.1 Å². The number of aryl methyl sites for hydroxylation is 1. The summed E-state index contributed by atoms with van der Waals surface area (Å²) in [5.41, 5.74) is 2.04. The number of hydrogen-bond donors (Lipinski definition) is 0. The first-order valence-corrected chi connectivity index (χ1v) is 5.47. The van der Waals surface area contributed by atoms with Crippen LogP contribution in [0.3, 0.4) is 0 Å². The van der Waals surface area contributed by atoms with E-state index in [0.29, 0.717) is 5.92 Å². The van der Waals surface area contributed by atoms with Gasteiger partial charge in [-0.25, -0.2) is 0 Å². The van der Waals surface area contributed by atoms with Gasteiger partial charge in [0.1, 0.15) is 0 Å². The van der Waals surface area contributed by atoms with Crippen molar-refractivity contribution in [1.29, 1.82) is 0 Å². The largest absolute Gasteiger partial charge is 3.00 e. The molecule has 0 spiro atoms. The Morgan fingerprint density at radius 2 is 1.37 bits per heavy atom. The average Bonchev–Trinajstić information content (AvgIpc) is 2.34. The van der Waals surface area contributed by atoms with Crippen LogP contribution < -0.4 is 0 Å². The predicted molar refractivity (Wildman–Crippen MR) is 74.6 cm³/mol. The van der Waals surface area contributed by atoms with E-state index in [-0.39, 0.29) is 19.5 Å². The summed E-state index contributed by atoms with van der Waals surface area (Å²) in [4.78, 5) is 15.5. The molecule has 0 saturated heterocycles. The summed E-state index contributed by atoms with van der Waals surface area (Å²) in [6, 6.07) is 4.01. The van der Waals surface area contributed by atoms with E-state index >= 15 is 0 Å². The first-order valence-electron chi connectivity index (χ1n) is 5.47. The molecule has 19 heavy (non-hydrogen) atoms. The van der Waals surface area contributed by atoms with E-state index in [4.69, 9.17) is 9.59 Å². The van der Waals surface area contributed by atoms with Crippen LogP contribution in [0.2, 0.25) is 0 Å².